The molecule has 1 N–H and O–H groups in total. The number of aliphatic carboxylic acids is 1. The van der Waals surface area contributed by atoms with Crippen LogP contribution >= 0.6 is 0 Å². The van der Waals surface area contributed by atoms with Crippen LogP contribution in [-0.2, 0) is 16.2 Å². The maximum absolute atomic E-state index is 11.7. The largest absolute Gasteiger partial charge is 0.494 e. The van der Waals surface area contributed by atoms with Crippen LogP contribution in [0.5, 0.6) is 5.75 Å². The lowest BCUT2D eigenvalue weighted by Gasteiger charge is -2.46. The summed E-state index contributed by atoms with van der Waals surface area (Å²) in [6, 6.07) is 4.34. The normalized spacial score (nSPS) is 26.6. The van der Waals surface area contributed by atoms with Gasteiger partial charge in [-0.1, -0.05) is 17.6 Å². The predicted molar refractivity (Wildman–Crippen MR) is 129 cm³/mol. The number of carboxylic acid groups (broad SMARTS) is 1. The molecule has 2 aliphatic carbocycles. The lowest BCUT2D eigenvalue weighted by Crippen LogP contribution is -2.62. The van der Waals surface area contributed by atoms with Crippen molar-refractivity contribution in [2.24, 2.45) is 5.16 Å². The third-order valence-electron chi connectivity index (χ3n) is 8.49. The number of carbonyl (C=O) groups is 1. The molecule has 0 amide bonds. The summed E-state index contributed by atoms with van der Waals surface area (Å²) in [5.41, 5.74) is 4.12. The van der Waals surface area contributed by atoms with Gasteiger partial charge in [0.05, 0.1) is 13.0 Å². The van der Waals surface area contributed by atoms with Gasteiger partial charge in [-0.25, -0.2) is 4.79 Å². The molecule has 7 heteroatoms. The molecule has 1 spiro atoms. The summed E-state index contributed by atoms with van der Waals surface area (Å²) in [5.74, 6) is 2.59. The fourth-order valence-corrected chi connectivity index (χ4v) is 6.34. The van der Waals surface area contributed by atoms with Gasteiger partial charge in [0, 0.05) is 31.7 Å². The van der Waals surface area contributed by atoms with Gasteiger partial charge in [0.1, 0.15) is 17.6 Å². The van der Waals surface area contributed by atoms with Crippen molar-refractivity contribution in [1.29, 1.82) is 0 Å². The second-order valence-corrected chi connectivity index (χ2v) is 11.1. The van der Waals surface area contributed by atoms with E-state index in [4.69, 9.17) is 9.57 Å². The molecule has 2 saturated carbocycles. The summed E-state index contributed by atoms with van der Waals surface area (Å²) >= 11 is 0. The van der Waals surface area contributed by atoms with E-state index in [2.05, 4.69) is 29.1 Å². The summed E-state index contributed by atoms with van der Waals surface area (Å²) in [6.07, 6.45) is 10.0. The van der Waals surface area contributed by atoms with Gasteiger partial charge in [-0.15, -0.1) is 0 Å². The number of nitrogens with zero attached hydrogens (tertiary/aromatic N) is 3. The molecule has 0 aromatic heterocycles. The molecule has 5 aliphatic rings. The number of piperidine rings is 1. The zero-order valence-electron chi connectivity index (χ0n) is 20.3. The van der Waals surface area contributed by atoms with Crippen molar-refractivity contribution in [1.82, 2.24) is 9.80 Å². The van der Waals surface area contributed by atoms with Crippen LogP contribution in [0.25, 0.3) is 0 Å². The zero-order valence-corrected chi connectivity index (χ0v) is 20.3. The SMILES string of the molecule is CCOc1cc(C2CCC2)c(C2CC2)cc1CN1CC2(CC(N3CCCCC3C(=O)O)=NO2)C1. The molecular weight excluding hydrogens is 430 g/mol. The molecule has 3 heterocycles. The van der Waals surface area contributed by atoms with Crippen molar-refractivity contribution < 1.29 is 19.5 Å². The lowest BCUT2D eigenvalue weighted by molar-refractivity contribution is -0.142. The Balaban J connectivity index is 1.13. The Bertz CT molecular complexity index is 978. The molecule has 1 unspecified atom stereocenters. The molecule has 3 aliphatic heterocycles. The van der Waals surface area contributed by atoms with Gasteiger partial charge in [0.2, 0.25) is 0 Å². The number of rotatable bonds is 7. The van der Waals surface area contributed by atoms with Crippen LogP contribution in [0.15, 0.2) is 17.3 Å². The van der Waals surface area contributed by atoms with Gasteiger partial charge in [-0.2, -0.15) is 0 Å². The maximum Gasteiger partial charge on any atom is 0.326 e. The Morgan fingerprint density at radius 3 is 2.56 bits per heavy atom. The molecule has 0 bridgehead atoms. The third-order valence-corrected chi connectivity index (χ3v) is 8.49. The van der Waals surface area contributed by atoms with Crippen molar-refractivity contribution >= 4 is 11.8 Å². The van der Waals surface area contributed by atoms with Gasteiger partial charge in [0.25, 0.3) is 0 Å². The van der Waals surface area contributed by atoms with Gasteiger partial charge in [-0.3, -0.25) is 4.90 Å². The minimum Gasteiger partial charge on any atom is -0.494 e. The first kappa shape index (κ1) is 22.2. The topological polar surface area (TPSA) is 74.6 Å². The summed E-state index contributed by atoms with van der Waals surface area (Å²) in [5, 5.41) is 14.0. The van der Waals surface area contributed by atoms with Crippen molar-refractivity contribution in [3.05, 3.63) is 28.8 Å². The number of amidine groups is 1. The van der Waals surface area contributed by atoms with Crippen molar-refractivity contribution in [3.8, 4) is 5.75 Å². The minimum atomic E-state index is -0.751. The molecular formula is C27H37N3O4. The van der Waals surface area contributed by atoms with E-state index >= 15 is 0 Å². The predicted octanol–water partition coefficient (Wildman–Crippen LogP) is 4.46. The van der Waals surface area contributed by atoms with E-state index in [1.54, 1.807) is 11.1 Å². The minimum absolute atomic E-state index is 0.299. The monoisotopic (exact) mass is 467 g/mol. The van der Waals surface area contributed by atoms with Gasteiger partial charge >= 0.3 is 5.97 Å². The summed E-state index contributed by atoms with van der Waals surface area (Å²) in [4.78, 5) is 22.0. The lowest BCUT2D eigenvalue weighted by atomic mass is 9.77. The van der Waals surface area contributed by atoms with E-state index in [1.165, 1.54) is 37.7 Å². The molecule has 1 aromatic carbocycles. The smallest absolute Gasteiger partial charge is 0.326 e. The van der Waals surface area contributed by atoms with Crippen LogP contribution in [0, 0.1) is 0 Å². The Hall–Kier alpha value is -2.28. The van der Waals surface area contributed by atoms with E-state index < -0.39 is 12.0 Å². The van der Waals surface area contributed by atoms with Gasteiger partial charge in [0.15, 0.2) is 5.60 Å². The molecule has 4 fully saturated rings. The van der Waals surface area contributed by atoms with Crippen LogP contribution < -0.4 is 4.74 Å². The number of carboxylic acids is 1. The molecule has 7 nitrogen and oxygen atoms in total. The van der Waals surface area contributed by atoms with Crippen LogP contribution in [0.4, 0.5) is 0 Å². The zero-order chi connectivity index (χ0) is 23.3. The maximum atomic E-state index is 11.7. The Morgan fingerprint density at radius 1 is 1.12 bits per heavy atom. The van der Waals surface area contributed by atoms with E-state index in [0.717, 1.165) is 62.4 Å². The fraction of sp³-hybridized carbons (Fsp3) is 0.704. The first-order chi connectivity index (χ1) is 16.5. The highest BCUT2D eigenvalue weighted by molar-refractivity contribution is 5.89. The van der Waals surface area contributed by atoms with Gasteiger partial charge < -0.3 is 19.6 Å². The van der Waals surface area contributed by atoms with E-state index in [1.807, 2.05) is 4.90 Å². The second-order valence-electron chi connectivity index (χ2n) is 11.1. The first-order valence-electron chi connectivity index (χ1n) is 13.3. The molecule has 184 valence electrons. The number of benzene rings is 1. The Kier molecular flexibility index (Phi) is 5.71. The molecule has 6 rings (SSSR count). The standard InChI is InChI=1S/C27H37N3O4/c1-2-33-24-13-22(18-6-5-7-18)21(19-9-10-19)12-20(24)15-29-16-27(17-29)14-25(28-34-27)30-11-4-3-8-23(30)26(31)32/h12-13,18-19,23H,2-11,14-17H2,1H3,(H,31,32). The van der Waals surface area contributed by atoms with Crippen molar-refractivity contribution in [2.75, 3.05) is 26.2 Å². The number of hydrogen-bond acceptors (Lipinski definition) is 6. The Morgan fingerprint density at radius 2 is 1.88 bits per heavy atom. The molecule has 1 atom stereocenters. The van der Waals surface area contributed by atoms with Crippen molar-refractivity contribution in [2.45, 2.75) is 94.7 Å². The molecule has 34 heavy (non-hydrogen) atoms. The average Bonchev–Trinajstić information content (AvgIpc) is 3.52. The quantitative estimate of drug-likeness (QED) is 0.638. The average molecular weight is 468 g/mol. The number of oxime groups is 1. The molecule has 0 radical (unpaired) electrons. The highest BCUT2D eigenvalue weighted by atomic mass is 16.7. The summed E-state index contributed by atoms with van der Waals surface area (Å²) in [7, 11) is 0. The summed E-state index contributed by atoms with van der Waals surface area (Å²) < 4.78 is 6.13. The number of ether oxygens (including phenoxy) is 1. The van der Waals surface area contributed by atoms with E-state index in [9.17, 15) is 9.90 Å². The number of hydrogen-bond donors (Lipinski definition) is 1. The van der Waals surface area contributed by atoms with Crippen LogP contribution in [0.2, 0.25) is 0 Å². The first-order valence-corrected chi connectivity index (χ1v) is 13.3. The van der Waals surface area contributed by atoms with E-state index in [0.29, 0.717) is 19.4 Å². The second kappa shape index (κ2) is 8.74. The molecule has 2 saturated heterocycles. The van der Waals surface area contributed by atoms with Gasteiger partial charge in [-0.05, 0) is 80.9 Å². The van der Waals surface area contributed by atoms with Crippen molar-refractivity contribution in [3.63, 3.8) is 0 Å². The highest BCUT2D eigenvalue weighted by Gasteiger charge is 2.51. The van der Waals surface area contributed by atoms with Crippen LogP contribution in [0.3, 0.4) is 0 Å². The van der Waals surface area contributed by atoms with Crippen LogP contribution in [0.1, 0.15) is 93.2 Å². The van der Waals surface area contributed by atoms with E-state index in [-0.39, 0.29) is 5.60 Å². The van der Waals surface area contributed by atoms with Crippen LogP contribution in [-0.4, -0.2) is 64.6 Å². The summed E-state index contributed by atoms with van der Waals surface area (Å²) in [6.45, 7) is 6.01. The fourth-order valence-electron chi connectivity index (χ4n) is 6.34. The third kappa shape index (κ3) is 4.06. The Labute approximate surface area is 202 Å². The number of likely N-dealkylation sites (tertiary alicyclic amines) is 2. The molecule has 1 aromatic rings. The highest BCUT2D eigenvalue weighted by Crippen LogP contribution is 2.49.